The average Bonchev–Trinajstić information content (AvgIpc) is 2.58. The lowest BCUT2D eigenvalue weighted by atomic mass is 9.35. The third kappa shape index (κ3) is 1.92. The van der Waals surface area contributed by atoms with E-state index in [1.54, 1.807) is 0 Å². The SMILES string of the molecule is C=C1[C@@H]2CC[C@]3(CC[C@@H]4[C@@]5(C)CCC[C@@]4(C=[N+](CCO)C5)[C@@H]3C2)[C@@H]1O. The fourth-order valence-corrected chi connectivity index (χ4v) is 8.50. The van der Waals surface area contributed by atoms with Crippen molar-refractivity contribution in [2.75, 3.05) is 19.7 Å². The molecule has 1 heterocycles. The lowest BCUT2D eigenvalue weighted by Crippen LogP contribution is -2.68. The summed E-state index contributed by atoms with van der Waals surface area (Å²) in [7, 11) is 0. The monoisotopic (exact) mass is 344 g/mol. The normalized spacial score (nSPS) is 53.9. The van der Waals surface area contributed by atoms with Crippen LogP contribution in [0, 0.1) is 34.0 Å². The van der Waals surface area contributed by atoms with Crippen LogP contribution in [0.15, 0.2) is 12.2 Å². The Kier molecular flexibility index (Phi) is 3.43. The van der Waals surface area contributed by atoms with Gasteiger partial charge in [0.05, 0.1) is 11.5 Å². The first-order valence-corrected chi connectivity index (χ1v) is 10.5. The van der Waals surface area contributed by atoms with Gasteiger partial charge in [0.25, 0.3) is 0 Å². The number of hydrogen-bond donors (Lipinski definition) is 2. The summed E-state index contributed by atoms with van der Waals surface area (Å²) in [6.07, 6.45) is 12.4. The van der Waals surface area contributed by atoms with Crippen molar-refractivity contribution >= 4 is 6.21 Å². The van der Waals surface area contributed by atoms with Crippen LogP contribution in [0.1, 0.15) is 58.3 Å². The number of hydrogen-bond acceptors (Lipinski definition) is 2. The lowest BCUT2D eigenvalue weighted by molar-refractivity contribution is -0.560. The zero-order valence-electron chi connectivity index (χ0n) is 15.7. The van der Waals surface area contributed by atoms with Crippen molar-refractivity contribution in [3.63, 3.8) is 0 Å². The lowest BCUT2D eigenvalue weighted by Gasteiger charge is -2.68. The molecule has 5 fully saturated rings. The highest BCUT2D eigenvalue weighted by Crippen LogP contribution is 2.72. The van der Waals surface area contributed by atoms with E-state index in [9.17, 15) is 10.2 Å². The smallest absolute Gasteiger partial charge is 0.165 e. The molecule has 5 aliphatic carbocycles. The van der Waals surface area contributed by atoms with Gasteiger partial charge in [-0.1, -0.05) is 19.9 Å². The molecule has 0 aromatic heterocycles. The summed E-state index contributed by atoms with van der Waals surface area (Å²) in [6.45, 7) is 8.93. The first kappa shape index (κ1) is 16.5. The first-order valence-electron chi connectivity index (χ1n) is 10.5. The van der Waals surface area contributed by atoms with Crippen molar-refractivity contribution in [1.29, 1.82) is 0 Å². The minimum atomic E-state index is -0.282. The van der Waals surface area contributed by atoms with Crippen LogP contribution in [0.5, 0.6) is 0 Å². The molecular formula is C22H34NO2+. The van der Waals surface area contributed by atoms with E-state index in [0.717, 1.165) is 24.6 Å². The summed E-state index contributed by atoms with van der Waals surface area (Å²) in [4.78, 5) is 0. The van der Waals surface area contributed by atoms with E-state index in [0.29, 0.717) is 17.3 Å². The first-order chi connectivity index (χ1) is 12.0. The van der Waals surface area contributed by atoms with Gasteiger partial charge in [-0.25, -0.2) is 4.58 Å². The standard InChI is InChI=1S/C22H34NO2/c1-15-16-4-8-21(19(15)25)9-5-17-20(2)6-3-7-22(17,18(21)12-16)14-23(13-20)10-11-24/h14,16-19,24-25H,1,3-13H2,2H3/q+1/t16-,17-,18-,19-,20+,21-,22+/m1/s1. The Labute approximate surface area is 151 Å². The van der Waals surface area contributed by atoms with Crippen LogP contribution >= 0.6 is 0 Å². The van der Waals surface area contributed by atoms with E-state index in [1.165, 1.54) is 51.4 Å². The number of aliphatic hydroxyl groups excluding tert-OH is 2. The van der Waals surface area contributed by atoms with Crippen LogP contribution in [0.3, 0.4) is 0 Å². The molecule has 0 radical (unpaired) electrons. The van der Waals surface area contributed by atoms with Gasteiger partial charge in [0.1, 0.15) is 19.4 Å². The largest absolute Gasteiger partial charge is 0.390 e. The Morgan fingerprint density at radius 1 is 1.20 bits per heavy atom. The minimum Gasteiger partial charge on any atom is -0.390 e. The molecule has 0 amide bonds. The van der Waals surface area contributed by atoms with E-state index in [4.69, 9.17) is 0 Å². The Bertz CT molecular complexity index is 642. The van der Waals surface area contributed by atoms with Gasteiger partial charge in [0.2, 0.25) is 0 Å². The van der Waals surface area contributed by atoms with E-state index in [-0.39, 0.29) is 23.5 Å². The number of rotatable bonds is 2. The summed E-state index contributed by atoms with van der Waals surface area (Å²) < 4.78 is 2.44. The minimum absolute atomic E-state index is 0.0826. The molecule has 0 aromatic carbocycles. The van der Waals surface area contributed by atoms with Crippen molar-refractivity contribution in [2.45, 2.75) is 64.4 Å². The van der Waals surface area contributed by atoms with Crippen molar-refractivity contribution < 1.29 is 14.8 Å². The van der Waals surface area contributed by atoms with Gasteiger partial charge in [-0.2, -0.15) is 0 Å². The second kappa shape index (κ2) is 5.19. The molecule has 25 heavy (non-hydrogen) atoms. The van der Waals surface area contributed by atoms with Crippen molar-refractivity contribution in [3.05, 3.63) is 12.2 Å². The third-order valence-corrected chi connectivity index (χ3v) is 9.36. The van der Waals surface area contributed by atoms with Crippen LogP contribution < -0.4 is 0 Å². The predicted molar refractivity (Wildman–Crippen MR) is 98.7 cm³/mol. The molecule has 2 N–H and O–H groups in total. The molecule has 138 valence electrons. The van der Waals surface area contributed by atoms with Crippen LogP contribution in [-0.4, -0.2) is 46.8 Å². The fourth-order valence-electron chi connectivity index (χ4n) is 8.50. The molecule has 0 saturated heterocycles. The Hall–Kier alpha value is -0.670. The Balaban J connectivity index is 1.65. The topological polar surface area (TPSA) is 43.5 Å². The Morgan fingerprint density at radius 3 is 2.80 bits per heavy atom. The second-order valence-electron chi connectivity index (χ2n) is 10.3. The van der Waals surface area contributed by atoms with E-state index in [1.807, 2.05) is 0 Å². The molecule has 1 aliphatic heterocycles. The van der Waals surface area contributed by atoms with Crippen LogP contribution in [0.2, 0.25) is 0 Å². The summed E-state index contributed by atoms with van der Waals surface area (Å²) in [5.41, 5.74) is 1.85. The predicted octanol–water partition coefficient (Wildman–Crippen LogP) is 3.00. The zero-order chi connectivity index (χ0) is 17.4. The number of β-amino-alcohol motifs (C(OH)–C–C–N with tert-alkyl or cyclic N) is 1. The average molecular weight is 345 g/mol. The molecule has 0 unspecified atom stereocenters. The second-order valence-corrected chi connectivity index (χ2v) is 10.3. The maximum absolute atomic E-state index is 11.2. The number of aliphatic hydroxyl groups is 2. The highest BCUT2D eigenvalue weighted by Gasteiger charge is 2.70. The number of nitrogens with zero attached hydrogens (tertiary/aromatic N) is 1. The molecule has 4 bridgehead atoms. The molecule has 6 rings (SSSR count). The molecule has 5 saturated carbocycles. The zero-order valence-corrected chi connectivity index (χ0v) is 15.7. The summed E-state index contributed by atoms with van der Waals surface area (Å²) >= 11 is 0. The molecule has 6 aliphatic rings. The third-order valence-electron chi connectivity index (χ3n) is 9.36. The molecule has 1 spiro atoms. The summed E-state index contributed by atoms with van der Waals surface area (Å²) in [5.74, 6) is 1.91. The van der Waals surface area contributed by atoms with Gasteiger partial charge in [-0.15, -0.1) is 0 Å². The van der Waals surface area contributed by atoms with Crippen molar-refractivity contribution in [3.8, 4) is 0 Å². The summed E-state index contributed by atoms with van der Waals surface area (Å²) in [5, 5.41) is 20.8. The van der Waals surface area contributed by atoms with Gasteiger partial charge >= 0.3 is 0 Å². The van der Waals surface area contributed by atoms with Crippen molar-refractivity contribution in [2.24, 2.45) is 34.0 Å². The molecule has 3 heteroatoms. The number of fused-ring (bicyclic) bond motifs is 2. The van der Waals surface area contributed by atoms with Gasteiger partial charge < -0.3 is 10.2 Å². The van der Waals surface area contributed by atoms with Crippen LogP contribution in [0.25, 0.3) is 0 Å². The quantitative estimate of drug-likeness (QED) is 0.597. The Morgan fingerprint density at radius 2 is 2.00 bits per heavy atom. The van der Waals surface area contributed by atoms with E-state index < -0.39 is 0 Å². The van der Waals surface area contributed by atoms with Crippen molar-refractivity contribution in [1.82, 2.24) is 0 Å². The van der Waals surface area contributed by atoms with Gasteiger partial charge in [0, 0.05) is 10.8 Å². The maximum Gasteiger partial charge on any atom is 0.165 e. The van der Waals surface area contributed by atoms with Crippen LogP contribution in [-0.2, 0) is 0 Å². The van der Waals surface area contributed by atoms with Crippen LogP contribution in [0.4, 0.5) is 0 Å². The van der Waals surface area contributed by atoms with Gasteiger partial charge in [-0.05, 0) is 68.3 Å². The molecule has 3 nitrogen and oxygen atoms in total. The van der Waals surface area contributed by atoms with Gasteiger partial charge in [-0.3, -0.25) is 0 Å². The fraction of sp³-hybridized carbons (Fsp3) is 0.864. The molecule has 0 aromatic rings. The van der Waals surface area contributed by atoms with E-state index >= 15 is 0 Å². The maximum atomic E-state index is 11.2. The molecule has 7 atom stereocenters. The molecular weight excluding hydrogens is 310 g/mol. The van der Waals surface area contributed by atoms with E-state index in [2.05, 4.69) is 24.3 Å². The highest BCUT2D eigenvalue weighted by atomic mass is 16.3. The van der Waals surface area contributed by atoms with Gasteiger partial charge in [0.15, 0.2) is 6.54 Å². The highest BCUT2D eigenvalue weighted by molar-refractivity contribution is 5.65. The summed E-state index contributed by atoms with van der Waals surface area (Å²) in [6, 6.07) is 0.